The summed E-state index contributed by atoms with van der Waals surface area (Å²) in [4.78, 5) is 10.7. The maximum atomic E-state index is 5.76. The van der Waals surface area contributed by atoms with Gasteiger partial charge in [-0.3, -0.25) is 0 Å². The number of hydrogen-bond acceptors (Lipinski definition) is 5. The van der Waals surface area contributed by atoms with E-state index in [0.29, 0.717) is 5.95 Å². The van der Waals surface area contributed by atoms with Crippen molar-refractivity contribution in [2.75, 3.05) is 11.1 Å². The van der Waals surface area contributed by atoms with Gasteiger partial charge in [0.15, 0.2) is 0 Å². The fourth-order valence-electron chi connectivity index (χ4n) is 2.01. The predicted molar refractivity (Wildman–Crippen MR) is 81.0 cm³/mol. The first-order chi connectivity index (χ1) is 9.11. The smallest absolute Gasteiger partial charge is 0.223 e. The Morgan fingerprint density at radius 2 is 2.00 bits per heavy atom. The van der Waals surface area contributed by atoms with E-state index in [1.54, 1.807) is 11.3 Å². The Kier molecular flexibility index (Phi) is 2.83. The summed E-state index contributed by atoms with van der Waals surface area (Å²) in [6, 6.07) is 10.2. The van der Waals surface area contributed by atoms with E-state index < -0.39 is 0 Å². The minimum Gasteiger partial charge on any atom is -0.368 e. The molecule has 0 aliphatic carbocycles. The zero-order chi connectivity index (χ0) is 13.4. The zero-order valence-electron chi connectivity index (χ0n) is 10.8. The topological polar surface area (TPSA) is 63.8 Å². The third kappa shape index (κ3) is 2.37. The van der Waals surface area contributed by atoms with Crippen molar-refractivity contribution < 1.29 is 0 Å². The third-order valence-electron chi connectivity index (χ3n) is 2.81. The lowest BCUT2D eigenvalue weighted by molar-refractivity contribution is 1.24. The number of nitrogens with zero attached hydrogens (tertiary/aromatic N) is 2. The summed E-state index contributed by atoms with van der Waals surface area (Å²) in [6.45, 7) is 4.11. The summed E-state index contributed by atoms with van der Waals surface area (Å²) < 4.78 is 0. The number of thiophene rings is 1. The van der Waals surface area contributed by atoms with Gasteiger partial charge < -0.3 is 11.1 Å². The lowest BCUT2D eigenvalue weighted by Crippen LogP contribution is -2.00. The zero-order valence-corrected chi connectivity index (χ0v) is 11.6. The van der Waals surface area contributed by atoms with Crippen LogP contribution in [-0.4, -0.2) is 9.97 Å². The molecule has 0 aliphatic rings. The van der Waals surface area contributed by atoms with Crippen molar-refractivity contribution in [3.63, 3.8) is 0 Å². The van der Waals surface area contributed by atoms with Crippen LogP contribution < -0.4 is 11.1 Å². The predicted octanol–water partition coefficient (Wildman–Crippen LogP) is 3.63. The van der Waals surface area contributed by atoms with Gasteiger partial charge in [0.25, 0.3) is 0 Å². The quantitative estimate of drug-likeness (QED) is 0.746. The van der Waals surface area contributed by atoms with E-state index >= 15 is 0 Å². The van der Waals surface area contributed by atoms with Gasteiger partial charge in [-0.15, -0.1) is 11.3 Å². The van der Waals surface area contributed by atoms with E-state index in [2.05, 4.69) is 47.3 Å². The molecule has 2 aromatic heterocycles. The van der Waals surface area contributed by atoms with Gasteiger partial charge >= 0.3 is 0 Å². The molecule has 0 atom stereocenters. The number of aryl methyl sites for hydroxylation is 2. The van der Waals surface area contributed by atoms with Crippen LogP contribution in [0.4, 0.5) is 17.5 Å². The summed E-state index contributed by atoms with van der Waals surface area (Å²) in [6.07, 6.45) is 0. The number of benzene rings is 1. The Labute approximate surface area is 115 Å². The second kappa shape index (κ2) is 4.51. The van der Waals surface area contributed by atoms with Crippen LogP contribution in [0.1, 0.15) is 10.4 Å². The number of nitrogen functional groups attached to an aromatic ring is 1. The standard InChI is InChI=1S/C14H14N4S/c1-8-4-3-5-10(6-8)16-12-11-7-9(2)19-13(11)18-14(15)17-12/h3-7H,1-2H3,(H3,15,16,17,18). The van der Waals surface area contributed by atoms with Crippen molar-refractivity contribution in [2.24, 2.45) is 0 Å². The fourth-order valence-corrected chi connectivity index (χ4v) is 2.90. The van der Waals surface area contributed by atoms with Gasteiger partial charge in [0.1, 0.15) is 10.6 Å². The van der Waals surface area contributed by atoms with E-state index in [1.807, 2.05) is 12.1 Å². The minimum atomic E-state index is 0.296. The molecule has 0 saturated heterocycles. The van der Waals surface area contributed by atoms with Crippen molar-refractivity contribution in [3.05, 3.63) is 40.8 Å². The molecule has 3 N–H and O–H groups in total. The third-order valence-corrected chi connectivity index (χ3v) is 3.76. The number of fused-ring (bicyclic) bond motifs is 1. The molecular formula is C14H14N4S. The van der Waals surface area contributed by atoms with Crippen molar-refractivity contribution in [2.45, 2.75) is 13.8 Å². The maximum absolute atomic E-state index is 5.76. The van der Waals surface area contributed by atoms with Crippen molar-refractivity contribution in [3.8, 4) is 0 Å². The highest BCUT2D eigenvalue weighted by molar-refractivity contribution is 7.18. The minimum absolute atomic E-state index is 0.296. The van der Waals surface area contributed by atoms with E-state index in [-0.39, 0.29) is 0 Å². The largest absolute Gasteiger partial charge is 0.368 e. The van der Waals surface area contributed by atoms with Crippen LogP contribution in [0.25, 0.3) is 10.2 Å². The summed E-state index contributed by atoms with van der Waals surface area (Å²) in [5.74, 6) is 1.06. The molecule has 0 fully saturated rings. The Bertz CT molecular complexity index is 748. The monoisotopic (exact) mass is 270 g/mol. The number of hydrogen-bond donors (Lipinski definition) is 2. The summed E-state index contributed by atoms with van der Waals surface area (Å²) >= 11 is 1.62. The molecular weight excluding hydrogens is 256 g/mol. The van der Waals surface area contributed by atoms with Crippen LogP contribution >= 0.6 is 11.3 Å². The maximum Gasteiger partial charge on any atom is 0.223 e. The normalized spacial score (nSPS) is 10.8. The molecule has 3 aromatic rings. The lowest BCUT2D eigenvalue weighted by Gasteiger charge is -2.07. The van der Waals surface area contributed by atoms with E-state index in [1.165, 1.54) is 10.4 Å². The first-order valence-corrected chi connectivity index (χ1v) is 6.81. The van der Waals surface area contributed by atoms with Crippen LogP contribution in [0, 0.1) is 13.8 Å². The highest BCUT2D eigenvalue weighted by Gasteiger charge is 2.09. The highest BCUT2D eigenvalue weighted by atomic mass is 32.1. The molecule has 19 heavy (non-hydrogen) atoms. The molecule has 0 amide bonds. The number of anilines is 3. The van der Waals surface area contributed by atoms with Crippen LogP contribution in [-0.2, 0) is 0 Å². The fraction of sp³-hybridized carbons (Fsp3) is 0.143. The van der Waals surface area contributed by atoms with Crippen LogP contribution in [0.5, 0.6) is 0 Å². The molecule has 5 heteroatoms. The number of rotatable bonds is 2. The Morgan fingerprint density at radius 3 is 2.79 bits per heavy atom. The molecule has 0 unspecified atom stereocenters. The molecule has 0 aliphatic heterocycles. The van der Waals surface area contributed by atoms with Gasteiger partial charge in [0.05, 0.1) is 5.39 Å². The second-order valence-electron chi connectivity index (χ2n) is 4.50. The molecule has 3 rings (SSSR count). The molecule has 96 valence electrons. The molecule has 1 aromatic carbocycles. The van der Waals surface area contributed by atoms with E-state index in [4.69, 9.17) is 5.73 Å². The van der Waals surface area contributed by atoms with Crippen LogP contribution in [0.3, 0.4) is 0 Å². The summed E-state index contributed by atoms with van der Waals surface area (Å²) in [5, 5.41) is 4.33. The Hall–Kier alpha value is -2.14. The van der Waals surface area contributed by atoms with Gasteiger partial charge in [-0.25, -0.2) is 4.98 Å². The van der Waals surface area contributed by atoms with E-state index in [9.17, 15) is 0 Å². The average Bonchev–Trinajstić information content (AvgIpc) is 2.69. The first kappa shape index (κ1) is 11.9. The van der Waals surface area contributed by atoms with Crippen molar-refractivity contribution >= 4 is 39.0 Å². The Morgan fingerprint density at radius 1 is 1.16 bits per heavy atom. The van der Waals surface area contributed by atoms with Crippen LogP contribution in [0.2, 0.25) is 0 Å². The van der Waals surface area contributed by atoms with Crippen LogP contribution in [0.15, 0.2) is 30.3 Å². The first-order valence-electron chi connectivity index (χ1n) is 5.99. The molecule has 4 nitrogen and oxygen atoms in total. The molecule has 0 spiro atoms. The molecule has 0 bridgehead atoms. The summed E-state index contributed by atoms with van der Waals surface area (Å²) in [7, 11) is 0. The van der Waals surface area contributed by atoms with Gasteiger partial charge in [0, 0.05) is 10.6 Å². The molecule has 0 saturated carbocycles. The summed E-state index contributed by atoms with van der Waals surface area (Å²) in [5.41, 5.74) is 7.96. The van der Waals surface area contributed by atoms with E-state index in [0.717, 1.165) is 21.7 Å². The average molecular weight is 270 g/mol. The van der Waals surface area contributed by atoms with Gasteiger partial charge in [-0.2, -0.15) is 4.98 Å². The molecule has 2 heterocycles. The number of aromatic nitrogens is 2. The van der Waals surface area contributed by atoms with Gasteiger partial charge in [-0.05, 0) is 37.6 Å². The molecule has 0 radical (unpaired) electrons. The van der Waals surface area contributed by atoms with Crippen molar-refractivity contribution in [1.82, 2.24) is 9.97 Å². The SMILES string of the molecule is Cc1cccc(Nc2nc(N)nc3sc(C)cc23)c1. The Balaban J connectivity index is 2.09. The second-order valence-corrected chi connectivity index (χ2v) is 5.74. The number of nitrogens with two attached hydrogens (primary N) is 1. The number of nitrogens with one attached hydrogen (secondary N) is 1. The van der Waals surface area contributed by atoms with Gasteiger partial charge in [0.2, 0.25) is 5.95 Å². The van der Waals surface area contributed by atoms with Crippen molar-refractivity contribution in [1.29, 1.82) is 0 Å². The lowest BCUT2D eigenvalue weighted by atomic mass is 10.2. The van der Waals surface area contributed by atoms with Gasteiger partial charge in [-0.1, -0.05) is 12.1 Å². The highest BCUT2D eigenvalue weighted by Crippen LogP contribution is 2.30.